The van der Waals surface area contributed by atoms with Gasteiger partial charge in [0.05, 0.1) is 19.1 Å². The van der Waals surface area contributed by atoms with Gasteiger partial charge in [-0.3, -0.25) is 0 Å². The summed E-state index contributed by atoms with van der Waals surface area (Å²) in [4.78, 5) is 0.139. The third-order valence-electron chi connectivity index (χ3n) is 5.17. The smallest absolute Gasteiger partial charge is 0.488 e. The number of methoxy groups -OCH3 is 2. The maximum atomic E-state index is 13.3. The molecule has 0 aromatic heterocycles. The second-order valence-corrected chi connectivity index (χ2v) is 9.28. The predicted molar refractivity (Wildman–Crippen MR) is 122 cm³/mol. The minimum absolute atomic E-state index is 0.139. The van der Waals surface area contributed by atoms with Gasteiger partial charge in [-0.2, -0.15) is 4.31 Å². The van der Waals surface area contributed by atoms with E-state index in [1.807, 2.05) is 18.2 Å². The van der Waals surface area contributed by atoms with Crippen molar-refractivity contribution in [3.8, 4) is 11.5 Å². The van der Waals surface area contributed by atoms with Gasteiger partial charge < -0.3 is 19.5 Å². The average molecular weight is 449 g/mol. The lowest BCUT2D eigenvalue weighted by Gasteiger charge is -2.23. The SMILES string of the molecule is CCCCCCN(CCc1ccc(OC)c(OC)c1)S(=O)(=O)c1ccc(B(O)O)cc1. The highest BCUT2D eigenvalue weighted by molar-refractivity contribution is 7.89. The van der Waals surface area contributed by atoms with Crippen LogP contribution in [0.15, 0.2) is 47.4 Å². The summed E-state index contributed by atoms with van der Waals surface area (Å²) in [5.41, 5.74) is 1.20. The van der Waals surface area contributed by atoms with E-state index in [1.54, 1.807) is 14.2 Å². The summed E-state index contributed by atoms with van der Waals surface area (Å²) in [5.74, 6) is 1.23. The lowest BCUT2D eigenvalue weighted by Crippen LogP contribution is -2.35. The molecule has 2 rings (SSSR count). The summed E-state index contributed by atoms with van der Waals surface area (Å²) in [6, 6.07) is 11.2. The van der Waals surface area contributed by atoms with E-state index in [2.05, 4.69) is 6.92 Å². The van der Waals surface area contributed by atoms with Crippen molar-refractivity contribution in [1.29, 1.82) is 0 Å². The molecular formula is C22H32BNO6S. The first-order valence-corrected chi connectivity index (χ1v) is 11.9. The molecule has 0 aliphatic rings. The van der Waals surface area contributed by atoms with Crippen LogP contribution in [0.2, 0.25) is 0 Å². The Morgan fingerprint density at radius 2 is 1.58 bits per heavy atom. The normalized spacial score (nSPS) is 11.5. The molecule has 0 fully saturated rings. The number of rotatable bonds is 13. The molecule has 0 aliphatic carbocycles. The average Bonchev–Trinajstić information content (AvgIpc) is 2.78. The largest absolute Gasteiger partial charge is 0.493 e. The first-order valence-electron chi connectivity index (χ1n) is 10.5. The summed E-state index contributed by atoms with van der Waals surface area (Å²) in [5, 5.41) is 18.5. The number of hydrogen-bond acceptors (Lipinski definition) is 6. The predicted octanol–water partition coefficient (Wildman–Crippen LogP) is 2.20. The number of unbranched alkanes of at least 4 members (excludes halogenated alkanes) is 3. The number of nitrogens with zero attached hydrogens (tertiary/aromatic N) is 1. The minimum atomic E-state index is -3.72. The molecule has 0 atom stereocenters. The van der Waals surface area contributed by atoms with E-state index < -0.39 is 17.1 Å². The molecule has 7 nitrogen and oxygen atoms in total. The summed E-state index contributed by atoms with van der Waals surface area (Å²) >= 11 is 0. The highest BCUT2D eigenvalue weighted by Crippen LogP contribution is 2.28. The molecule has 2 aromatic rings. The Hall–Kier alpha value is -2.07. The fourth-order valence-corrected chi connectivity index (χ4v) is 4.80. The van der Waals surface area contributed by atoms with Crippen LogP contribution in [0.3, 0.4) is 0 Å². The van der Waals surface area contributed by atoms with Crippen LogP contribution in [-0.4, -0.2) is 57.2 Å². The summed E-state index contributed by atoms with van der Waals surface area (Å²) in [6.07, 6.45) is 4.41. The van der Waals surface area contributed by atoms with Crippen LogP contribution < -0.4 is 14.9 Å². The summed E-state index contributed by atoms with van der Waals surface area (Å²) in [7, 11) is -2.21. The zero-order valence-electron chi connectivity index (χ0n) is 18.5. The molecule has 9 heteroatoms. The summed E-state index contributed by atoms with van der Waals surface area (Å²) in [6.45, 7) is 2.87. The van der Waals surface area contributed by atoms with Crippen molar-refractivity contribution in [2.75, 3.05) is 27.3 Å². The van der Waals surface area contributed by atoms with Crippen LogP contribution in [0.25, 0.3) is 0 Å². The zero-order valence-corrected chi connectivity index (χ0v) is 19.3. The van der Waals surface area contributed by atoms with Crippen LogP contribution in [0, 0.1) is 0 Å². The standard InChI is InChI=1S/C22H32BNO6S/c1-4-5-6-7-15-24(16-14-18-8-13-21(29-2)22(17-18)30-3)31(27,28)20-11-9-19(10-12-20)23(25)26/h8-13,17,25-26H,4-7,14-16H2,1-3H3. The molecule has 0 saturated heterocycles. The van der Waals surface area contributed by atoms with Gasteiger partial charge in [0.2, 0.25) is 10.0 Å². The Balaban J connectivity index is 2.21. The van der Waals surface area contributed by atoms with Crippen LogP contribution in [0.4, 0.5) is 0 Å². The maximum Gasteiger partial charge on any atom is 0.488 e. The molecule has 0 aliphatic heterocycles. The maximum absolute atomic E-state index is 13.3. The summed E-state index contributed by atoms with van der Waals surface area (Å²) < 4.78 is 38.7. The lowest BCUT2D eigenvalue weighted by molar-refractivity contribution is 0.354. The van der Waals surface area contributed by atoms with E-state index in [0.717, 1.165) is 31.2 Å². The van der Waals surface area contributed by atoms with Gasteiger partial charge in [0, 0.05) is 13.1 Å². The van der Waals surface area contributed by atoms with Crippen molar-refractivity contribution in [1.82, 2.24) is 4.31 Å². The van der Waals surface area contributed by atoms with Crippen molar-refractivity contribution in [2.45, 2.75) is 43.9 Å². The number of hydrogen-bond donors (Lipinski definition) is 2. The van der Waals surface area contributed by atoms with Gasteiger partial charge in [0.25, 0.3) is 0 Å². The van der Waals surface area contributed by atoms with E-state index in [1.165, 1.54) is 28.6 Å². The number of sulfonamides is 1. The van der Waals surface area contributed by atoms with Gasteiger partial charge in [-0.25, -0.2) is 8.42 Å². The minimum Gasteiger partial charge on any atom is -0.493 e. The van der Waals surface area contributed by atoms with E-state index in [0.29, 0.717) is 31.0 Å². The molecule has 0 bridgehead atoms. The topological polar surface area (TPSA) is 96.3 Å². The molecule has 31 heavy (non-hydrogen) atoms. The zero-order chi connectivity index (χ0) is 22.9. The van der Waals surface area contributed by atoms with Gasteiger partial charge in [-0.05, 0) is 48.1 Å². The first-order chi connectivity index (χ1) is 14.8. The molecule has 0 radical (unpaired) electrons. The van der Waals surface area contributed by atoms with Crippen LogP contribution in [-0.2, 0) is 16.4 Å². The molecule has 0 saturated carbocycles. The Labute approximate surface area is 185 Å². The van der Waals surface area contributed by atoms with E-state index in [-0.39, 0.29) is 10.4 Å². The van der Waals surface area contributed by atoms with E-state index in [4.69, 9.17) is 9.47 Å². The highest BCUT2D eigenvalue weighted by Gasteiger charge is 2.24. The van der Waals surface area contributed by atoms with Gasteiger partial charge in [-0.1, -0.05) is 44.4 Å². The second-order valence-electron chi connectivity index (χ2n) is 7.35. The number of ether oxygens (including phenoxy) is 2. The molecule has 2 N–H and O–H groups in total. The van der Waals surface area contributed by atoms with Gasteiger partial charge in [-0.15, -0.1) is 0 Å². The van der Waals surface area contributed by atoms with Crippen LogP contribution >= 0.6 is 0 Å². The fraction of sp³-hybridized carbons (Fsp3) is 0.455. The lowest BCUT2D eigenvalue weighted by atomic mass is 9.81. The molecule has 0 amide bonds. The Morgan fingerprint density at radius 3 is 2.16 bits per heavy atom. The molecule has 0 unspecified atom stereocenters. The van der Waals surface area contributed by atoms with E-state index in [9.17, 15) is 18.5 Å². The van der Waals surface area contributed by atoms with Crippen LogP contribution in [0.1, 0.15) is 38.2 Å². The third-order valence-corrected chi connectivity index (χ3v) is 7.09. The molecule has 2 aromatic carbocycles. The monoisotopic (exact) mass is 449 g/mol. The molecule has 170 valence electrons. The van der Waals surface area contributed by atoms with Crippen molar-refractivity contribution in [3.63, 3.8) is 0 Å². The van der Waals surface area contributed by atoms with Gasteiger partial charge in [0.15, 0.2) is 11.5 Å². The van der Waals surface area contributed by atoms with Crippen molar-refractivity contribution >= 4 is 22.6 Å². The molecule has 0 heterocycles. The van der Waals surface area contributed by atoms with Crippen molar-refractivity contribution < 1.29 is 27.9 Å². The quantitative estimate of drug-likeness (QED) is 0.360. The third kappa shape index (κ3) is 6.97. The first kappa shape index (κ1) is 25.2. The Bertz CT molecular complexity index is 918. The van der Waals surface area contributed by atoms with Crippen LogP contribution in [0.5, 0.6) is 11.5 Å². The second kappa shape index (κ2) is 12.1. The number of benzene rings is 2. The van der Waals surface area contributed by atoms with Gasteiger partial charge >= 0.3 is 7.12 Å². The van der Waals surface area contributed by atoms with E-state index >= 15 is 0 Å². The molecular weight excluding hydrogens is 417 g/mol. The highest BCUT2D eigenvalue weighted by atomic mass is 32.2. The Kier molecular flexibility index (Phi) is 9.83. The fourth-order valence-electron chi connectivity index (χ4n) is 3.32. The van der Waals surface area contributed by atoms with Gasteiger partial charge in [0.1, 0.15) is 0 Å². The molecule has 0 spiro atoms. The Morgan fingerprint density at radius 1 is 0.903 bits per heavy atom. The van der Waals surface area contributed by atoms with Crippen molar-refractivity contribution in [3.05, 3.63) is 48.0 Å². The van der Waals surface area contributed by atoms with Crippen molar-refractivity contribution in [2.24, 2.45) is 0 Å².